The maximum Gasteiger partial charge on any atom is 0.0820 e. The molecule has 0 amide bonds. The number of methoxy groups -OCH3 is 1. The Hall–Kier alpha value is -0.120. The molecule has 1 atom stereocenters. The van der Waals surface area contributed by atoms with Crippen LogP contribution in [0.5, 0.6) is 0 Å². The first-order valence-corrected chi connectivity index (χ1v) is 6.55. The third-order valence-electron chi connectivity index (χ3n) is 3.09. The molecule has 16 heavy (non-hydrogen) atoms. The Labute approximate surface area is 101 Å². The Balaban J connectivity index is 4.39. The molecule has 0 spiro atoms. The minimum atomic E-state index is 0.166. The van der Waals surface area contributed by atoms with Crippen molar-refractivity contribution in [1.29, 1.82) is 0 Å². The molecular weight excluding hydrogens is 200 g/mol. The Morgan fingerprint density at radius 3 is 2.00 bits per heavy atom. The Kier molecular flexibility index (Phi) is 8.90. The highest BCUT2D eigenvalue weighted by Crippen LogP contribution is 2.12. The van der Waals surface area contributed by atoms with Crippen LogP contribution in [-0.2, 0) is 4.74 Å². The third kappa shape index (κ3) is 5.83. The normalized spacial score (nSPS) is 14.1. The average molecular weight is 230 g/mol. The fourth-order valence-electron chi connectivity index (χ4n) is 2.15. The van der Waals surface area contributed by atoms with Crippen molar-refractivity contribution in [3.63, 3.8) is 0 Å². The first-order valence-electron chi connectivity index (χ1n) is 6.55. The zero-order chi connectivity index (χ0) is 12.6. The van der Waals surface area contributed by atoms with Gasteiger partial charge < -0.3 is 10.5 Å². The summed E-state index contributed by atoms with van der Waals surface area (Å²) in [6, 6.07) is 0.659. The SMILES string of the molecule is CCC(CC)N(CC(C)C)CC(CN)OC. The van der Waals surface area contributed by atoms with Crippen LogP contribution in [0, 0.1) is 5.92 Å². The lowest BCUT2D eigenvalue weighted by atomic mass is 10.1. The van der Waals surface area contributed by atoms with Crippen molar-refractivity contribution >= 4 is 0 Å². The van der Waals surface area contributed by atoms with Gasteiger partial charge in [0.2, 0.25) is 0 Å². The summed E-state index contributed by atoms with van der Waals surface area (Å²) in [5.41, 5.74) is 5.69. The summed E-state index contributed by atoms with van der Waals surface area (Å²) < 4.78 is 5.38. The average Bonchev–Trinajstić information content (AvgIpc) is 2.26. The van der Waals surface area contributed by atoms with Crippen LogP contribution < -0.4 is 5.73 Å². The van der Waals surface area contributed by atoms with Crippen molar-refractivity contribution in [2.75, 3.05) is 26.7 Å². The highest BCUT2D eigenvalue weighted by molar-refractivity contribution is 4.74. The fraction of sp³-hybridized carbons (Fsp3) is 1.00. The van der Waals surface area contributed by atoms with E-state index in [-0.39, 0.29) is 6.10 Å². The van der Waals surface area contributed by atoms with E-state index in [1.807, 2.05) is 0 Å². The molecule has 2 N–H and O–H groups in total. The molecule has 0 radical (unpaired) electrons. The molecule has 0 aromatic heterocycles. The van der Waals surface area contributed by atoms with Gasteiger partial charge in [0.1, 0.15) is 0 Å². The highest BCUT2D eigenvalue weighted by atomic mass is 16.5. The highest BCUT2D eigenvalue weighted by Gasteiger charge is 2.19. The number of rotatable bonds is 9. The van der Waals surface area contributed by atoms with Crippen LogP contribution in [0.15, 0.2) is 0 Å². The lowest BCUT2D eigenvalue weighted by Crippen LogP contribution is -2.44. The first-order chi connectivity index (χ1) is 7.58. The fourth-order valence-corrected chi connectivity index (χ4v) is 2.15. The maximum atomic E-state index is 5.69. The molecule has 0 heterocycles. The monoisotopic (exact) mass is 230 g/mol. The second-order valence-corrected chi connectivity index (χ2v) is 4.91. The number of nitrogens with two attached hydrogens (primary N) is 1. The van der Waals surface area contributed by atoms with Gasteiger partial charge in [0, 0.05) is 32.8 Å². The molecule has 0 aliphatic carbocycles. The van der Waals surface area contributed by atoms with Crippen LogP contribution in [0.2, 0.25) is 0 Å². The number of hydrogen-bond donors (Lipinski definition) is 1. The smallest absolute Gasteiger partial charge is 0.0820 e. The molecule has 0 aromatic rings. The van der Waals surface area contributed by atoms with Crippen molar-refractivity contribution < 1.29 is 4.74 Å². The summed E-state index contributed by atoms with van der Waals surface area (Å²) >= 11 is 0. The summed E-state index contributed by atoms with van der Waals surface area (Å²) in [6.07, 6.45) is 2.56. The van der Waals surface area contributed by atoms with Gasteiger partial charge in [-0.2, -0.15) is 0 Å². The molecule has 3 heteroatoms. The molecule has 0 saturated carbocycles. The minimum Gasteiger partial charge on any atom is -0.379 e. The van der Waals surface area contributed by atoms with E-state index in [0.29, 0.717) is 18.5 Å². The standard InChI is InChI=1S/C13H30N2O/c1-6-12(7-2)15(9-11(3)4)10-13(8-14)16-5/h11-13H,6-10,14H2,1-5H3. The molecule has 0 fully saturated rings. The molecule has 0 aromatic carbocycles. The van der Waals surface area contributed by atoms with E-state index in [2.05, 4.69) is 32.6 Å². The first kappa shape index (κ1) is 15.9. The summed E-state index contributed by atoms with van der Waals surface area (Å²) in [6.45, 7) is 11.7. The second kappa shape index (κ2) is 8.97. The van der Waals surface area contributed by atoms with Crippen molar-refractivity contribution in [1.82, 2.24) is 4.90 Å². The zero-order valence-corrected chi connectivity index (χ0v) is 11.7. The van der Waals surface area contributed by atoms with Gasteiger partial charge in [0.15, 0.2) is 0 Å². The molecule has 1 unspecified atom stereocenters. The predicted molar refractivity (Wildman–Crippen MR) is 70.6 cm³/mol. The molecule has 0 bridgehead atoms. The summed E-state index contributed by atoms with van der Waals surface area (Å²) in [7, 11) is 1.75. The number of hydrogen-bond acceptors (Lipinski definition) is 3. The zero-order valence-electron chi connectivity index (χ0n) is 11.7. The van der Waals surface area contributed by atoms with Gasteiger partial charge in [-0.25, -0.2) is 0 Å². The van der Waals surface area contributed by atoms with E-state index in [0.717, 1.165) is 13.1 Å². The molecule has 0 aliphatic heterocycles. The van der Waals surface area contributed by atoms with E-state index in [4.69, 9.17) is 10.5 Å². The van der Waals surface area contributed by atoms with Crippen LogP contribution >= 0.6 is 0 Å². The largest absolute Gasteiger partial charge is 0.379 e. The van der Waals surface area contributed by atoms with E-state index >= 15 is 0 Å². The quantitative estimate of drug-likeness (QED) is 0.659. The Morgan fingerprint density at radius 1 is 1.12 bits per heavy atom. The van der Waals surface area contributed by atoms with Gasteiger partial charge >= 0.3 is 0 Å². The van der Waals surface area contributed by atoms with Crippen LogP contribution in [0.1, 0.15) is 40.5 Å². The van der Waals surface area contributed by atoms with Gasteiger partial charge in [0.05, 0.1) is 6.10 Å². The number of ether oxygens (including phenoxy) is 1. The van der Waals surface area contributed by atoms with Gasteiger partial charge in [-0.05, 0) is 18.8 Å². The van der Waals surface area contributed by atoms with Crippen molar-refractivity contribution in [3.8, 4) is 0 Å². The molecule has 0 saturated heterocycles. The van der Waals surface area contributed by atoms with Gasteiger partial charge in [-0.1, -0.05) is 27.7 Å². The maximum absolute atomic E-state index is 5.69. The Bertz CT molecular complexity index is 154. The van der Waals surface area contributed by atoms with Gasteiger partial charge in [-0.3, -0.25) is 4.90 Å². The summed E-state index contributed by atoms with van der Waals surface area (Å²) in [5.74, 6) is 0.691. The molecule has 3 nitrogen and oxygen atoms in total. The van der Waals surface area contributed by atoms with Crippen LogP contribution in [0.4, 0.5) is 0 Å². The van der Waals surface area contributed by atoms with Crippen LogP contribution in [0.3, 0.4) is 0 Å². The molecule has 0 aliphatic rings. The number of nitrogens with zero attached hydrogens (tertiary/aromatic N) is 1. The van der Waals surface area contributed by atoms with Gasteiger partial charge in [-0.15, -0.1) is 0 Å². The van der Waals surface area contributed by atoms with E-state index in [9.17, 15) is 0 Å². The van der Waals surface area contributed by atoms with Crippen molar-refractivity contribution in [2.45, 2.75) is 52.7 Å². The third-order valence-corrected chi connectivity index (χ3v) is 3.09. The van der Waals surface area contributed by atoms with E-state index in [1.165, 1.54) is 12.8 Å². The van der Waals surface area contributed by atoms with Crippen LogP contribution in [-0.4, -0.2) is 43.8 Å². The minimum absolute atomic E-state index is 0.166. The molecule has 98 valence electrons. The predicted octanol–water partition coefficient (Wildman–Crippen LogP) is 2.11. The van der Waals surface area contributed by atoms with E-state index < -0.39 is 0 Å². The molecular formula is C13H30N2O. The topological polar surface area (TPSA) is 38.5 Å². The lowest BCUT2D eigenvalue weighted by Gasteiger charge is -2.34. The Morgan fingerprint density at radius 2 is 1.69 bits per heavy atom. The van der Waals surface area contributed by atoms with Crippen LogP contribution in [0.25, 0.3) is 0 Å². The second-order valence-electron chi connectivity index (χ2n) is 4.91. The lowest BCUT2D eigenvalue weighted by molar-refractivity contribution is 0.0463. The van der Waals surface area contributed by atoms with Gasteiger partial charge in [0.25, 0.3) is 0 Å². The van der Waals surface area contributed by atoms with Crippen molar-refractivity contribution in [2.24, 2.45) is 11.7 Å². The molecule has 0 rings (SSSR count). The summed E-state index contributed by atoms with van der Waals surface area (Å²) in [5, 5.41) is 0. The van der Waals surface area contributed by atoms with E-state index in [1.54, 1.807) is 7.11 Å². The van der Waals surface area contributed by atoms with Crippen molar-refractivity contribution in [3.05, 3.63) is 0 Å². The summed E-state index contributed by atoms with van der Waals surface area (Å²) in [4.78, 5) is 2.53.